The zero-order valence-electron chi connectivity index (χ0n) is 11.7. The van der Waals surface area contributed by atoms with Crippen LogP contribution < -0.4 is 0 Å². The van der Waals surface area contributed by atoms with Crippen molar-refractivity contribution in [2.75, 3.05) is 6.26 Å². The van der Waals surface area contributed by atoms with Crippen molar-refractivity contribution in [2.45, 2.75) is 9.79 Å². The van der Waals surface area contributed by atoms with Gasteiger partial charge in [-0.25, -0.2) is 8.42 Å². The first-order valence-corrected chi connectivity index (χ1v) is 9.74. The minimum atomic E-state index is -3.81. The molecule has 0 aliphatic rings. The average Bonchev–Trinajstić information content (AvgIpc) is 2.53. The molecule has 0 saturated carbocycles. The molecule has 2 aromatic rings. The predicted octanol–water partition coefficient (Wildman–Crippen LogP) is 4.51. The number of benzene rings is 2. The molecule has 3 nitrogen and oxygen atoms in total. The van der Waals surface area contributed by atoms with Crippen LogP contribution in [0.4, 0.5) is 0 Å². The van der Waals surface area contributed by atoms with Gasteiger partial charge in [0.05, 0.1) is 4.90 Å². The molecule has 0 fully saturated rings. The van der Waals surface area contributed by atoms with E-state index in [0.29, 0.717) is 5.56 Å². The SMILES string of the molecule is CSc1ccc(/C=C(/C#N)S(=O)(=O)c2ccc(Br)cc2)cc1. The molecule has 0 amide bonds. The summed E-state index contributed by atoms with van der Waals surface area (Å²) in [5.41, 5.74) is 0.676. The molecule has 22 heavy (non-hydrogen) atoms. The quantitative estimate of drug-likeness (QED) is 0.566. The fraction of sp³-hybridized carbons (Fsp3) is 0.0625. The summed E-state index contributed by atoms with van der Waals surface area (Å²) in [6.07, 6.45) is 3.35. The summed E-state index contributed by atoms with van der Waals surface area (Å²) in [5.74, 6) is 0. The largest absolute Gasteiger partial charge is 0.218 e. The van der Waals surface area contributed by atoms with E-state index in [9.17, 15) is 13.7 Å². The zero-order chi connectivity index (χ0) is 16.2. The summed E-state index contributed by atoms with van der Waals surface area (Å²) in [6.45, 7) is 0. The van der Waals surface area contributed by atoms with E-state index < -0.39 is 9.84 Å². The van der Waals surface area contributed by atoms with Crippen LogP contribution in [-0.4, -0.2) is 14.7 Å². The Morgan fingerprint density at radius 3 is 2.23 bits per heavy atom. The highest BCUT2D eigenvalue weighted by atomic mass is 79.9. The zero-order valence-corrected chi connectivity index (χ0v) is 14.9. The molecular formula is C16H12BrNO2S2. The monoisotopic (exact) mass is 393 g/mol. The van der Waals surface area contributed by atoms with Gasteiger partial charge in [0.15, 0.2) is 0 Å². The molecule has 0 aliphatic heterocycles. The minimum absolute atomic E-state index is 0.101. The van der Waals surface area contributed by atoms with Crippen molar-refractivity contribution in [1.82, 2.24) is 0 Å². The van der Waals surface area contributed by atoms with Crippen molar-refractivity contribution in [3.63, 3.8) is 0 Å². The Morgan fingerprint density at radius 2 is 1.73 bits per heavy atom. The standard InChI is InChI=1S/C16H12BrNO2S2/c1-21-14-6-2-12(3-7-14)10-16(11-18)22(19,20)15-8-4-13(17)5-9-15/h2-10H,1H3/b16-10-. The first-order valence-electron chi connectivity index (χ1n) is 6.24. The summed E-state index contributed by atoms with van der Waals surface area (Å²) in [4.78, 5) is 0.905. The summed E-state index contributed by atoms with van der Waals surface area (Å²) in [5, 5.41) is 9.23. The van der Waals surface area contributed by atoms with Crippen LogP contribution in [0.15, 0.2) is 67.7 Å². The highest BCUT2D eigenvalue weighted by Gasteiger charge is 2.20. The number of hydrogen-bond donors (Lipinski definition) is 0. The Morgan fingerprint density at radius 1 is 1.14 bits per heavy atom. The maximum absolute atomic E-state index is 12.5. The number of sulfone groups is 1. The number of hydrogen-bond acceptors (Lipinski definition) is 4. The van der Waals surface area contributed by atoms with Gasteiger partial charge in [0.1, 0.15) is 11.0 Å². The lowest BCUT2D eigenvalue weighted by Crippen LogP contribution is -2.03. The first-order chi connectivity index (χ1) is 10.5. The van der Waals surface area contributed by atoms with E-state index in [2.05, 4.69) is 15.9 Å². The van der Waals surface area contributed by atoms with Crippen LogP contribution >= 0.6 is 27.7 Å². The predicted molar refractivity (Wildman–Crippen MR) is 93.1 cm³/mol. The Bertz CT molecular complexity index is 833. The van der Waals surface area contributed by atoms with Crippen molar-refractivity contribution < 1.29 is 8.42 Å². The van der Waals surface area contributed by atoms with Gasteiger partial charge >= 0.3 is 0 Å². The normalized spacial score (nSPS) is 12.0. The van der Waals surface area contributed by atoms with Crippen LogP contribution in [0.25, 0.3) is 6.08 Å². The molecule has 0 atom stereocenters. The second-order valence-electron chi connectivity index (χ2n) is 4.35. The van der Waals surface area contributed by atoms with Crippen molar-refractivity contribution in [3.05, 3.63) is 63.5 Å². The number of nitrogens with zero attached hydrogens (tertiary/aromatic N) is 1. The molecule has 2 aromatic carbocycles. The van der Waals surface area contributed by atoms with E-state index in [-0.39, 0.29) is 9.80 Å². The second kappa shape index (κ2) is 7.14. The van der Waals surface area contributed by atoms with Crippen LogP contribution in [0, 0.1) is 11.3 Å². The molecule has 0 bridgehead atoms. The molecule has 112 valence electrons. The number of thioether (sulfide) groups is 1. The topological polar surface area (TPSA) is 57.9 Å². The number of allylic oxidation sites excluding steroid dienone is 1. The van der Waals surface area contributed by atoms with Gasteiger partial charge in [-0.15, -0.1) is 11.8 Å². The molecule has 0 radical (unpaired) electrons. The fourth-order valence-corrected chi connectivity index (χ4v) is 3.59. The molecule has 6 heteroatoms. The van der Waals surface area contributed by atoms with Crippen LogP contribution in [0.2, 0.25) is 0 Å². The van der Waals surface area contributed by atoms with E-state index in [1.807, 2.05) is 18.4 Å². The Hall–Kier alpha value is -1.55. The molecular weight excluding hydrogens is 382 g/mol. The number of rotatable bonds is 4. The Balaban J connectivity index is 2.43. The molecule has 0 unspecified atom stereocenters. The molecule has 0 N–H and O–H groups in total. The van der Waals surface area contributed by atoms with Crippen molar-refractivity contribution in [3.8, 4) is 6.07 Å². The third-order valence-corrected chi connectivity index (χ3v) is 5.89. The lowest BCUT2D eigenvalue weighted by molar-refractivity contribution is 0.603. The minimum Gasteiger partial charge on any atom is -0.218 e. The molecule has 0 aliphatic carbocycles. The summed E-state index contributed by atoms with van der Waals surface area (Å²) >= 11 is 4.85. The van der Waals surface area contributed by atoms with Gasteiger partial charge in [-0.1, -0.05) is 28.1 Å². The van der Waals surface area contributed by atoms with Crippen LogP contribution in [-0.2, 0) is 9.84 Å². The van der Waals surface area contributed by atoms with E-state index in [1.54, 1.807) is 42.1 Å². The van der Waals surface area contributed by atoms with Gasteiger partial charge in [0.25, 0.3) is 0 Å². The van der Waals surface area contributed by atoms with Crippen LogP contribution in [0.1, 0.15) is 5.56 Å². The highest BCUT2D eigenvalue weighted by Crippen LogP contribution is 2.23. The molecule has 2 rings (SSSR count). The fourth-order valence-electron chi connectivity index (χ4n) is 1.76. The maximum atomic E-state index is 12.5. The maximum Gasteiger partial charge on any atom is 0.216 e. The lowest BCUT2D eigenvalue weighted by atomic mass is 10.2. The number of halogens is 1. The number of nitriles is 1. The summed E-state index contributed by atoms with van der Waals surface area (Å²) in [7, 11) is -3.81. The summed E-state index contributed by atoms with van der Waals surface area (Å²) in [6, 6.07) is 15.4. The van der Waals surface area contributed by atoms with Gasteiger partial charge in [-0.2, -0.15) is 5.26 Å². The molecule has 0 spiro atoms. The third-order valence-electron chi connectivity index (χ3n) is 2.94. The molecule has 0 heterocycles. The van der Waals surface area contributed by atoms with E-state index >= 15 is 0 Å². The van der Waals surface area contributed by atoms with E-state index in [1.165, 1.54) is 18.2 Å². The van der Waals surface area contributed by atoms with Crippen molar-refractivity contribution in [2.24, 2.45) is 0 Å². The van der Waals surface area contributed by atoms with Crippen molar-refractivity contribution in [1.29, 1.82) is 5.26 Å². The summed E-state index contributed by atoms with van der Waals surface area (Å²) < 4.78 is 25.8. The third kappa shape index (κ3) is 3.80. The van der Waals surface area contributed by atoms with Gasteiger partial charge in [-0.05, 0) is 54.3 Å². The van der Waals surface area contributed by atoms with Gasteiger partial charge in [-0.3, -0.25) is 0 Å². The Labute approximate surface area is 142 Å². The van der Waals surface area contributed by atoms with Gasteiger partial charge in [0, 0.05) is 9.37 Å². The van der Waals surface area contributed by atoms with E-state index in [4.69, 9.17) is 0 Å². The van der Waals surface area contributed by atoms with Crippen LogP contribution in [0.3, 0.4) is 0 Å². The smallest absolute Gasteiger partial charge is 0.216 e. The average molecular weight is 394 g/mol. The van der Waals surface area contributed by atoms with Gasteiger partial charge in [0.2, 0.25) is 9.84 Å². The second-order valence-corrected chi connectivity index (χ2v) is 8.06. The molecule has 0 saturated heterocycles. The van der Waals surface area contributed by atoms with E-state index in [0.717, 1.165) is 9.37 Å². The Kier molecular flexibility index (Phi) is 5.46. The lowest BCUT2D eigenvalue weighted by Gasteiger charge is -2.04. The van der Waals surface area contributed by atoms with Crippen LogP contribution in [0.5, 0.6) is 0 Å². The first kappa shape index (κ1) is 16.8. The van der Waals surface area contributed by atoms with Crippen molar-refractivity contribution >= 4 is 43.6 Å². The molecule has 0 aromatic heterocycles. The highest BCUT2D eigenvalue weighted by molar-refractivity contribution is 9.10. The van der Waals surface area contributed by atoms with Gasteiger partial charge < -0.3 is 0 Å².